The van der Waals surface area contributed by atoms with E-state index in [1.165, 1.54) is 0 Å². The fourth-order valence-corrected chi connectivity index (χ4v) is 1.33. The first-order valence-corrected chi connectivity index (χ1v) is 3.76. The molecular weight excluding hydrogens is 140 g/mol. The van der Waals surface area contributed by atoms with Gasteiger partial charge in [0.2, 0.25) is 0 Å². The van der Waals surface area contributed by atoms with E-state index in [1.807, 2.05) is 34.2 Å². The van der Waals surface area contributed by atoms with Gasteiger partial charge in [-0.1, -0.05) is 0 Å². The van der Waals surface area contributed by atoms with Gasteiger partial charge in [-0.3, -0.25) is 9.47 Å². The molecule has 0 bridgehead atoms. The molecule has 0 radical (unpaired) electrons. The molecule has 11 heavy (non-hydrogen) atoms. The summed E-state index contributed by atoms with van der Waals surface area (Å²) in [6, 6.07) is 3.92. The molecule has 0 saturated carbocycles. The minimum atomic E-state index is 0.332. The van der Waals surface area contributed by atoms with E-state index in [0.29, 0.717) is 18.7 Å². The predicted molar refractivity (Wildman–Crippen MR) is 42.0 cm³/mol. The van der Waals surface area contributed by atoms with Gasteiger partial charge in [-0.15, -0.1) is 0 Å². The SMILES string of the molecule is O=C1CCN(n2cccc2)C1. The molecule has 0 unspecified atom stereocenters. The van der Waals surface area contributed by atoms with E-state index in [1.54, 1.807) is 0 Å². The smallest absolute Gasteiger partial charge is 0.155 e. The van der Waals surface area contributed by atoms with E-state index < -0.39 is 0 Å². The van der Waals surface area contributed by atoms with Gasteiger partial charge >= 0.3 is 0 Å². The molecule has 2 heterocycles. The van der Waals surface area contributed by atoms with E-state index in [4.69, 9.17) is 0 Å². The summed E-state index contributed by atoms with van der Waals surface area (Å²) in [5, 5.41) is 2.03. The van der Waals surface area contributed by atoms with Crippen LogP contribution in [-0.2, 0) is 4.79 Å². The Kier molecular flexibility index (Phi) is 1.42. The number of hydrogen-bond acceptors (Lipinski definition) is 2. The summed E-state index contributed by atoms with van der Waals surface area (Å²) in [6.45, 7) is 1.42. The maximum absolute atomic E-state index is 10.9. The molecule has 0 aromatic carbocycles. The number of carbonyl (C=O) groups is 1. The van der Waals surface area contributed by atoms with Crippen molar-refractivity contribution in [1.29, 1.82) is 0 Å². The van der Waals surface area contributed by atoms with Crippen molar-refractivity contribution in [3.63, 3.8) is 0 Å². The second-order valence-corrected chi connectivity index (χ2v) is 2.74. The quantitative estimate of drug-likeness (QED) is 0.579. The zero-order chi connectivity index (χ0) is 7.68. The molecule has 0 spiro atoms. The summed E-state index contributed by atoms with van der Waals surface area (Å²) in [6.07, 6.45) is 4.61. The maximum atomic E-state index is 10.9. The largest absolute Gasteiger partial charge is 0.305 e. The molecule has 0 aliphatic carbocycles. The molecular formula is C8H10N2O. The van der Waals surface area contributed by atoms with Crippen LogP contribution in [-0.4, -0.2) is 23.5 Å². The Hall–Kier alpha value is -1.25. The summed E-state index contributed by atoms with van der Waals surface area (Å²) < 4.78 is 1.96. The number of ketones is 1. The van der Waals surface area contributed by atoms with E-state index in [9.17, 15) is 4.79 Å². The minimum Gasteiger partial charge on any atom is -0.305 e. The summed E-state index contributed by atoms with van der Waals surface area (Å²) >= 11 is 0. The Balaban J connectivity index is 2.13. The number of Topliss-reactive ketones (excluding diaryl/α,β-unsaturated/α-hetero) is 1. The van der Waals surface area contributed by atoms with Crippen LogP contribution in [0.1, 0.15) is 6.42 Å². The summed E-state index contributed by atoms with van der Waals surface area (Å²) in [7, 11) is 0. The van der Waals surface area contributed by atoms with Crippen LogP contribution in [0, 0.1) is 0 Å². The Morgan fingerprint density at radius 1 is 1.27 bits per heavy atom. The number of nitrogens with zero attached hydrogens (tertiary/aromatic N) is 2. The molecule has 1 aromatic heterocycles. The van der Waals surface area contributed by atoms with Crippen molar-refractivity contribution < 1.29 is 4.79 Å². The Bertz CT molecular complexity index is 253. The Morgan fingerprint density at radius 3 is 2.55 bits per heavy atom. The lowest BCUT2D eigenvalue weighted by molar-refractivity contribution is -0.116. The molecule has 1 aliphatic rings. The van der Waals surface area contributed by atoms with Gasteiger partial charge in [0.25, 0.3) is 0 Å². The van der Waals surface area contributed by atoms with Crippen molar-refractivity contribution in [2.24, 2.45) is 0 Å². The Labute approximate surface area is 65.2 Å². The van der Waals surface area contributed by atoms with Crippen LogP contribution in [0.2, 0.25) is 0 Å². The van der Waals surface area contributed by atoms with Crippen LogP contribution in [0.3, 0.4) is 0 Å². The average Bonchev–Trinajstić information content (AvgIpc) is 2.55. The van der Waals surface area contributed by atoms with Crippen LogP contribution in [0.4, 0.5) is 0 Å². The molecule has 3 heteroatoms. The van der Waals surface area contributed by atoms with Gasteiger partial charge in [0, 0.05) is 25.4 Å². The zero-order valence-corrected chi connectivity index (χ0v) is 6.23. The highest BCUT2D eigenvalue weighted by atomic mass is 16.1. The second-order valence-electron chi connectivity index (χ2n) is 2.74. The zero-order valence-electron chi connectivity index (χ0n) is 6.23. The molecule has 2 rings (SSSR count). The summed E-state index contributed by atoms with van der Waals surface area (Å²) in [5.41, 5.74) is 0. The molecule has 0 atom stereocenters. The normalized spacial score (nSPS) is 17.8. The van der Waals surface area contributed by atoms with Gasteiger partial charge in [0.15, 0.2) is 5.78 Å². The average molecular weight is 150 g/mol. The molecule has 0 N–H and O–H groups in total. The van der Waals surface area contributed by atoms with Crippen molar-refractivity contribution in [3.05, 3.63) is 24.5 Å². The Morgan fingerprint density at radius 2 is 2.00 bits per heavy atom. The molecule has 0 amide bonds. The lowest BCUT2D eigenvalue weighted by Crippen LogP contribution is -2.30. The van der Waals surface area contributed by atoms with Crippen molar-refractivity contribution in [2.45, 2.75) is 6.42 Å². The lowest BCUT2D eigenvalue weighted by atomic mass is 10.4. The molecule has 1 fully saturated rings. The first-order valence-electron chi connectivity index (χ1n) is 3.76. The highest BCUT2D eigenvalue weighted by Crippen LogP contribution is 2.03. The van der Waals surface area contributed by atoms with Crippen LogP contribution in [0.25, 0.3) is 0 Å². The van der Waals surface area contributed by atoms with Crippen molar-refractivity contribution in [3.8, 4) is 0 Å². The third kappa shape index (κ3) is 1.13. The fourth-order valence-electron chi connectivity index (χ4n) is 1.33. The summed E-state index contributed by atoms with van der Waals surface area (Å²) in [4.78, 5) is 10.9. The third-order valence-corrected chi connectivity index (χ3v) is 1.92. The first kappa shape index (κ1) is 6.46. The number of rotatable bonds is 1. The van der Waals surface area contributed by atoms with Gasteiger partial charge < -0.3 is 5.01 Å². The van der Waals surface area contributed by atoms with Crippen LogP contribution < -0.4 is 5.01 Å². The highest BCUT2D eigenvalue weighted by Gasteiger charge is 2.18. The predicted octanol–water partition coefficient (Wildman–Crippen LogP) is 0.399. The van der Waals surface area contributed by atoms with Gasteiger partial charge in [0.05, 0.1) is 6.54 Å². The molecule has 1 saturated heterocycles. The second kappa shape index (κ2) is 2.42. The molecule has 3 nitrogen and oxygen atoms in total. The summed E-state index contributed by atoms with van der Waals surface area (Å²) in [5.74, 6) is 0.332. The molecule has 1 aliphatic heterocycles. The van der Waals surface area contributed by atoms with E-state index in [0.717, 1.165) is 6.54 Å². The lowest BCUT2D eigenvalue weighted by Gasteiger charge is -2.17. The number of aromatic nitrogens is 1. The van der Waals surface area contributed by atoms with Crippen LogP contribution in [0.15, 0.2) is 24.5 Å². The third-order valence-electron chi connectivity index (χ3n) is 1.92. The highest BCUT2D eigenvalue weighted by molar-refractivity contribution is 5.84. The van der Waals surface area contributed by atoms with Crippen molar-refractivity contribution in [2.75, 3.05) is 18.1 Å². The van der Waals surface area contributed by atoms with Gasteiger partial charge in [-0.05, 0) is 12.1 Å². The maximum Gasteiger partial charge on any atom is 0.155 e. The minimum absolute atomic E-state index is 0.332. The van der Waals surface area contributed by atoms with E-state index in [-0.39, 0.29) is 0 Å². The first-order chi connectivity index (χ1) is 5.36. The van der Waals surface area contributed by atoms with Crippen molar-refractivity contribution in [1.82, 2.24) is 4.68 Å². The molecule has 1 aromatic rings. The van der Waals surface area contributed by atoms with Gasteiger partial charge in [-0.25, -0.2) is 0 Å². The van der Waals surface area contributed by atoms with Gasteiger partial charge in [-0.2, -0.15) is 0 Å². The number of carbonyl (C=O) groups excluding carboxylic acids is 1. The standard InChI is InChI=1S/C8H10N2O/c11-8-3-6-10(7-8)9-4-1-2-5-9/h1-2,4-5H,3,6-7H2. The van der Waals surface area contributed by atoms with E-state index in [2.05, 4.69) is 0 Å². The van der Waals surface area contributed by atoms with Crippen LogP contribution >= 0.6 is 0 Å². The molecule has 58 valence electrons. The van der Waals surface area contributed by atoms with Crippen molar-refractivity contribution >= 4 is 5.78 Å². The van der Waals surface area contributed by atoms with E-state index >= 15 is 0 Å². The van der Waals surface area contributed by atoms with Gasteiger partial charge in [0.1, 0.15) is 0 Å². The monoisotopic (exact) mass is 150 g/mol. The number of hydrogen-bond donors (Lipinski definition) is 0. The van der Waals surface area contributed by atoms with Crippen LogP contribution in [0.5, 0.6) is 0 Å². The fraction of sp³-hybridized carbons (Fsp3) is 0.375. The topological polar surface area (TPSA) is 25.2 Å².